The van der Waals surface area contributed by atoms with Crippen LogP contribution >= 0.6 is 27.3 Å². The Morgan fingerprint density at radius 1 is 1.29 bits per heavy atom. The molecular formula is C14H17BrN2O2S2. The molecule has 4 nitrogen and oxygen atoms in total. The van der Waals surface area contributed by atoms with Crippen LogP contribution in [0.2, 0.25) is 0 Å². The summed E-state index contributed by atoms with van der Waals surface area (Å²) in [7, 11) is -3.55. The maximum absolute atomic E-state index is 12.3. The van der Waals surface area contributed by atoms with Crippen molar-refractivity contribution in [3.8, 4) is 0 Å². The largest absolute Gasteiger partial charge is 0.326 e. The number of hydrogen-bond acceptors (Lipinski definition) is 4. The maximum atomic E-state index is 12.3. The van der Waals surface area contributed by atoms with Crippen LogP contribution in [0.5, 0.6) is 0 Å². The topological polar surface area (TPSA) is 72.2 Å². The van der Waals surface area contributed by atoms with Crippen LogP contribution in [0.25, 0.3) is 0 Å². The first-order valence-corrected chi connectivity index (χ1v) is 9.47. The van der Waals surface area contributed by atoms with E-state index < -0.39 is 10.0 Å². The molecule has 0 aliphatic heterocycles. The van der Waals surface area contributed by atoms with Gasteiger partial charge in [-0.1, -0.05) is 6.07 Å². The molecule has 2 aromatic rings. The Morgan fingerprint density at radius 3 is 2.52 bits per heavy atom. The number of benzene rings is 1. The van der Waals surface area contributed by atoms with Crippen LogP contribution in [0.1, 0.15) is 20.9 Å². The molecule has 0 spiro atoms. The van der Waals surface area contributed by atoms with E-state index in [1.54, 1.807) is 29.5 Å². The van der Waals surface area contributed by atoms with Crippen molar-refractivity contribution in [3.05, 3.63) is 49.6 Å². The average Bonchev–Trinajstić information content (AvgIpc) is 2.75. The Balaban J connectivity index is 2.18. The molecule has 0 amide bonds. The summed E-state index contributed by atoms with van der Waals surface area (Å²) in [5.74, 6) is 0. The van der Waals surface area contributed by atoms with Crippen LogP contribution in [0.4, 0.5) is 0 Å². The SMILES string of the molecule is Cc1cc(CNS(=O)(=O)c2ccc(CN)cc2Br)sc1C. The minimum atomic E-state index is -3.55. The van der Waals surface area contributed by atoms with Gasteiger partial charge in [0.2, 0.25) is 10.0 Å². The van der Waals surface area contributed by atoms with Gasteiger partial charge < -0.3 is 5.73 Å². The molecule has 114 valence electrons. The van der Waals surface area contributed by atoms with Gasteiger partial charge in [0.25, 0.3) is 0 Å². The van der Waals surface area contributed by atoms with E-state index in [9.17, 15) is 8.42 Å². The van der Waals surface area contributed by atoms with Gasteiger partial charge in [-0.15, -0.1) is 11.3 Å². The zero-order chi connectivity index (χ0) is 15.6. The molecule has 1 aromatic carbocycles. The number of hydrogen-bond donors (Lipinski definition) is 2. The zero-order valence-electron chi connectivity index (χ0n) is 11.8. The van der Waals surface area contributed by atoms with E-state index in [4.69, 9.17) is 5.73 Å². The lowest BCUT2D eigenvalue weighted by Gasteiger charge is -2.09. The summed E-state index contributed by atoms with van der Waals surface area (Å²) in [5, 5.41) is 0. The summed E-state index contributed by atoms with van der Waals surface area (Å²) in [4.78, 5) is 2.44. The smallest absolute Gasteiger partial charge is 0.242 e. The van der Waals surface area contributed by atoms with E-state index >= 15 is 0 Å². The second-order valence-corrected chi connectivity index (χ2v) is 8.68. The third-order valence-electron chi connectivity index (χ3n) is 3.17. The Morgan fingerprint density at radius 2 is 2.00 bits per heavy atom. The molecule has 7 heteroatoms. The lowest BCUT2D eigenvalue weighted by atomic mass is 10.2. The molecule has 2 rings (SSSR count). The van der Waals surface area contributed by atoms with Crippen molar-refractivity contribution in [2.75, 3.05) is 0 Å². The average molecular weight is 389 g/mol. The van der Waals surface area contributed by atoms with Crippen molar-refractivity contribution in [1.29, 1.82) is 0 Å². The number of nitrogens with one attached hydrogen (secondary N) is 1. The van der Waals surface area contributed by atoms with E-state index in [2.05, 4.69) is 20.7 Å². The summed E-state index contributed by atoms with van der Waals surface area (Å²) in [6, 6.07) is 7.03. The van der Waals surface area contributed by atoms with Gasteiger partial charge in [0, 0.05) is 27.3 Å². The fourth-order valence-corrected chi connectivity index (χ4v) is 5.08. The predicted molar refractivity (Wildman–Crippen MR) is 89.9 cm³/mol. The number of halogens is 1. The van der Waals surface area contributed by atoms with Crippen LogP contribution < -0.4 is 10.5 Å². The maximum Gasteiger partial charge on any atom is 0.242 e. The van der Waals surface area contributed by atoms with Crippen LogP contribution in [0, 0.1) is 13.8 Å². The molecule has 1 heterocycles. The van der Waals surface area contributed by atoms with Crippen LogP contribution in [-0.4, -0.2) is 8.42 Å². The Bertz CT molecular complexity index is 735. The zero-order valence-corrected chi connectivity index (χ0v) is 15.0. The normalized spacial score (nSPS) is 11.8. The van der Waals surface area contributed by atoms with Crippen molar-refractivity contribution in [1.82, 2.24) is 4.72 Å². The molecule has 0 radical (unpaired) electrons. The van der Waals surface area contributed by atoms with Crippen molar-refractivity contribution in [2.24, 2.45) is 5.73 Å². The van der Waals surface area contributed by atoms with Gasteiger partial charge in [-0.3, -0.25) is 0 Å². The van der Waals surface area contributed by atoms with Crippen LogP contribution in [0.3, 0.4) is 0 Å². The van der Waals surface area contributed by atoms with Gasteiger partial charge in [-0.25, -0.2) is 13.1 Å². The number of rotatable bonds is 5. The summed E-state index contributed by atoms with van der Waals surface area (Å²) >= 11 is 4.90. The number of nitrogens with two attached hydrogens (primary N) is 1. The first-order chi connectivity index (χ1) is 9.83. The van der Waals surface area contributed by atoms with Gasteiger partial charge in [-0.2, -0.15) is 0 Å². The van der Waals surface area contributed by atoms with Crippen molar-refractivity contribution < 1.29 is 8.42 Å². The Kier molecular flexibility index (Phi) is 5.21. The van der Waals surface area contributed by atoms with E-state index in [0.717, 1.165) is 10.4 Å². The van der Waals surface area contributed by atoms with Gasteiger partial charge in [0.05, 0.1) is 4.90 Å². The van der Waals surface area contributed by atoms with Gasteiger partial charge in [0.1, 0.15) is 0 Å². The highest BCUT2D eigenvalue weighted by atomic mass is 79.9. The third-order valence-corrected chi connectivity index (χ3v) is 6.71. The highest BCUT2D eigenvalue weighted by Crippen LogP contribution is 2.24. The van der Waals surface area contributed by atoms with Crippen LogP contribution in [-0.2, 0) is 23.1 Å². The third kappa shape index (κ3) is 3.92. The van der Waals surface area contributed by atoms with E-state index in [-0.39, 0.29) is 4.90 Å². The fraction of sp³-hybridized carbons (Fsp3) is 0.286. The lowest BCUT2D eigenvalue weighted by molar-refractivity contribution is 0.581. The van der Waals surface area contributed by atoms with Crippen molar-refractivity contribution in [2.45, 2.75) is 31.8 Å². The van der Waals surface area contributed by atoms with Crippen molar-refractivity contribution >= 4 is 37.3 Å². The standard InChI is InChI=1S/C14H17BrN2O2S2/c1-9-5-12(20-10(9)2)8-17-21(18,19)14-4-3-11(7-16)6-13(14)15/h3-6,17H,7-8,16H2,1-2H3. The second kappa shape index (κ2) is 6.58. The Hall–Kier alpha value is -0.730. The van der Waals surface area contributed by atoms with E-state index in [0.29, 0.717) is 17.6 Å². The van der Waals surface area contributed by atoms with Gasteiger partial charge in [-0.05, 0) is 59.1 Å². The molecule has 0 fully saturated rings. The molecule has 21 heavy (non-hydrogen) atoms. The summed E-state index contributed by atoms with van der Waals surface area (Å²) < 4.78 is 27.9. The second-order valence-electron chi connectivity index (χ2n) is 4.75. The molecule has 0 aliphatic rings. The quantitative estimate of drug-likeness (QED) is 0.826. The summed E-state index contributed by atoms with van der Waals surface area (Å²) in [6.07, 6.45) is 0. The Labute approximate surface area is 137 Å². The summed E-state index contributed by atoms with van der Waals surface area (Å²) in [5.41, 5.74) is 7.61. The molecule has 1 aromatic heterocycles. The number of sulfonamides is 1. The van der Waals surface area contributed by atoms with Gasteiger partial charge in [0.15, 0.2) is 0 Å². The minimum Gasteiger partial charge on any atom is -0.326 e. The number of aryl methyl sites for hydroxylation is 2. The van der Waals surface area contributed by atoms with E-state index in [1.807, 2.05) is 19.9 Å². The molecule has 3 N–H and O–H groups in total. The first-order valence-electron chi connectivity index (χ1n) is 6.37. The molecule has 0 saturated heterocycles. The molecule has 0 unspecified atom stereocenters. The first kappa shape index (κ1) is 16.6. The fourth-order valence-electron chi connectivity index (χ4n) is 1.87. The van der Waals surface area contributed by atoms with Crippen molar-refractivity contribution in [3.63, 3.8) is 0 Å². The summed E-state index contributed by atoms with van der Waals surface area (Å²) in [6.45, 7) is 4.72. The predicted octanol–water partition coefficient (Wildman–Crippen LogP) is 3.06. The molecule has 0 aliphatic carbocycles. The van der Waals surface area contributed by atoms with E-state index in [1.165, 1.54) is 10.4 Å². The van der Waals surface area contributed by atoms with Gasteiger partial charge >= 0.3 is 0 Å². The minimum absolute atomic E-state index is 0.227. The molecular weight excluding hydrogens is 372 g/mol. The highest BCUT2D eigenvalue weighted by molar-refractivity contribution is 9.10. The monoisotopic (exact) mass is 388 g/mol. The number of thiophene rings is 1. The molecule has 0 saturated carbocycles. The highest BCUT2D eigenvalue weighted by Gasteiger charge is 2.18. The van der Waals surface area contributed by atoms with Crippen LogP contribution in [0.15, 0.2) is 33.6 Å². The molecule has 0 bridgehead atoms. The lowest BCUT2D eigenvalue weighted by Crippen LogP contribution is -2.23. The molecule has 0 atom stereocenters.